The molecule has 0 aliphatic rings. The second-order valence-corrected chi connectivity index (χ2v) is 9.64. The molecule has 0 aliphatic carbocycles. The molecule has 0 spiro atoms. The van der Waals surface area contributed by atoms with Crippen molar-refractivity contribution in [2.24, 2.45) is 0 Å². The van der Waals surface area contributed by atoms with Gasteiger partial charge >= 0.3 is 0 Å². The first-order valence-corrected chi connectivity index (χ1v) is 11.6. The zero-order valence-electron chi connectivity index (χ0n) is 15.7. The molecular formula is C21H20BrNO5S. The normalized spacial score (nSPS) is 11.2. The van der Waals surface area contributed by atoms with Gasteiger partial charge in [0.1, 0.15) is 18.1 Å². The zero-order valence-corrected chi connectivity index (χ0v) is 18.1. The van der Waals surface area contributed by atoms with Crippen LogP contribution in [0.5, 0.6) is 5.75 Å². The molecule has 1 N–H and O–H groups in total. The first kappa shape index (κ1) is 21.1. The molecule has 0 unspecified atom stereocenters. The highest BCUT2D eigenvalue weighted by Crippen LogP contribution is 2.19. The summed E-state index contributed by atoms with van der Waals surface area (Å²) in [7, 11) is -3.07. The van der Waals surface area contributed by atoms with E-state index in [0.717, 1.165) is 10.0 Å². The molecule has 8 heteroatoms. The van der Waals surface area contributed by atoms with Crippen molar-refractivity contribution in [2.45, 2.75) is 18.9 Å². The van der Waals surface area contributed by atoms with Crippen LogP contribution in [0.3, 0.4) is 0 Å². The van der Waals surface area contributed by atoms with Gasteiger partial charge in [-0.25, -0.2) is 8.42 Å². The molecule has 0 bridgehead atoms. The number of sulfone groups is 1. The maximum Gasteiger partial charge on any atom is 0.287 e. The van der Waals surface area contributed by atoms with Gasteiger partial charge in [-0.3, -0.25) is 4.79 Å². The van der Waals surface area contributed by atoms with Crippen LogP contribution < -0.4 is 10.1 Å². The molecule has 1 amide bonds. The van der Waals surface area contributed by atoms with Crippen molar-refractivity contribution in [3.8, 4) is 5.75 Å². The highest BCUT2D eigenvalue weighted by atomic mass is 79.9. The Labute approximate surface area is 177 Å². The van der Waals surface area contributed by atoms with Gasteiger partial charge < -0.3 is 14.5 Å². The lowest BCUT2D eigenvalue weighted by molar-refractivity contribution is 0.0919. The Bertz CT molecular complexity index is 1090. The molecule has 6 nitrogen and oxygen atoms in total. The van der Waals surface area contributed by atoms with E-state index in [1.807, 2.05) is 24.3 Å². The molecule has 0 radical (unpaired) electrons. The van der Waals surface area contributed by atoms with E-state index >= 15 is 0 Å². The largest absolute Gasteiger partial charge is 0.486 e. The predicted molar refractivity (Wildman–Crippen MR) is 113 cm³/mol. The lowest BCUT2D eigenvalue weighted by Crippen LogP contribution is -2.22. The Morgan fingerprint density at radius 1 is 1.07 bits per heavy atom. The SMILES string of the molecule is CS(=O)(=O)Cc1ccc(CNC(=O)c2ccc(COc3cccc(Br)c3)o2)cc1. The van der Waals surface area contributed by atoms with Crippen molar-refractivity contribution in [2.75, 3.05) is 6.26 Å². The average Bonchev–Trinajstić information content (AvgIpc) is 3.14. The third-order valence-corrected chi connectivity index (χ3v) is 5.32. The maximum atomic E-state index is 12.3. The van der Waals surface area contributed by atoms with Gasteiger partial charge in [0.05, 0.1) is 5.75 Å². The van der Waals surface area contributed by atoms with Crippen molar-refractivity contribution >= 4 is 31.7 Å². The van der Waals surface area contributed by atoms with E-state index < -0.39 is 9.84 Å². The highest BCUT2D eigenvalue weighted by molar-refractivity contribution is 9.10. The van der Waals surface area contributed by atoms with Gasteiger partial charge in [0, 0.05) is 17.3 Å². The summed E-state index contributed by atoms with van der Waals surface area (Å²) >= 11 is 3.38. The fourth-order valence-corrected chi connectivity index (χ4v) is 3.79. The minimum atomic E-state index is -3.07. The van der Waals surface area contributed by atoms with Crippen molar-refractivity contribution in [1.29, 1.82) is 0 Å². The number of hydrogen-bond acceptors (Lipinski definition) is 5. The number of amides is 1. The summed E-state index contributed by atoms with van der Waals surface area (Å²) in [6, 6.07) is 17.8. The van der Waals surface area contributed by atoms with Crippen molar-refractivity contribution < 1.29 is 22.4 Å². The number of hydrogen-bond donors (Lipinski definition) is 1. The predicted octanol–water partition coefficient (Wildman–Crippen LogP) is 4.10. The first-order valence-electron chi connectivity index (χ1n) is 8.79. The molecule has 0 atom stereocenters. The molecule has 2 aromatic carbocycles. The molecule has 0 fully saturated rings. The van der Waals surface area contributed by atoms with E-state index in [-0.39, 0.29) is 24.0 Å². The van der Waals surface area contributed by atoms with Crippen molar-refractivity contribution in [3.05, 3.63) is 87.8 Å². The summed E-state index contributed by atoms with van der Waals surface area (Å²) in [5, 5.41) is 2.78. The summed E-state index contributed by atoms with van der Waals surface area (Å²) in [5.74, 6) is 1.10. The number of rotatable bonds is 8. The first-order chi connectivity index (χ1) is 13.8. The number of benzene rings is 2. The summed E-state index contributed by atoms with van der Waals surface area (Å²) in [6.07, 6.45) is 1.20. The molecule has 29 heavy (non-hydrogen) atoms. The molecule has 152 valence electrons. The van der Waals surface area contributed by atoms with Gasteiger partial charge in [0.15, 0.2) is 15.6 Å². The Hall–Kier alpha value is -2.58. The molecule has 0 saturated carbocycles. The van der Waals surface area contributed by atoms with E-state index in [9.17, 15) is 13.2 Å². The van der Waals surface area contributed by atoms with Crippen LogP contribution in [0.1, 0.15) is 27.4 Å². The van der Waals surface area contributed by atoms with E-state index in [2.05, 4.69) is 21.2 Å². The van der Waals surface area contributed by atoms with Gasteiger partial charge in [-0.15, -0.1) is 0 Å². The van der Waals surface area contributed by atoms with Crippen molar-refractivity contribution in [3.63, 3.8) is 0 Å². The quantitative estimate of drug-likeness (QED) is 0.527. The van der Waals surface area contributed by atoms with Gasteiger partial charge in [0.2, 0.25) is 0 Å². The number of carbonyl (C=O) groups excluding carboxylic acids is 1. The number of ether oxygens (including phenoxy) is 1. The monoisotopic (exact) mass is 477 g/mol. The van der Waals surface area contributed by atoms with Gasteiger partial charge in [-0.1, -0.05) is 46.3 Å². The van der Waals surface area contributed by atoms with Crippen molar-refractivity contribution in [1.82, 2.24) is 5.32 Å². The molecule has 1 aromatic heterocycles. The van der Waals surface area contributed by atoms with Gasteiger partial charge in [-0.2, -0.15) is 0 Å². The van der Waals surface area contributed by atoms with Crippen LogP contribution in [0.25, 0.3) is 0 Å². The molecular weight excluding hydrogens is 458 g/mol. The Morgan fingerprint density at radius 3 is 2.48 bits per heavy atom. The van der Waals surface area contributed by atoms with Gasteiger partial charge in [0.25, 0.3) is 5.91 Å². The highest BCUT2D eigenvalue weighted by Gasteiger charge is 2.12. The third-order valence-electron chi connectivity index (χ3n) is 3.97. The minimum Gasteiger partial charge on any atom is -0.486 e. The van der Waals surface area contributed by atoms with E-state index in [1.54, 1.807) is 36.4 Å². The number of furan rings is 1. The van der Waals surface area contributed by atoms with Crippen LogP contribution in [0.2, 0.25) is 0 Å². The Morgan fingerprint density at radius 2 is 1.79 bits per heavy atom. The zero-order chi connectivity index (χ0) is 20.9. The van der Waals surface area contributed by atoms with E-state index in [4.69, 9.17) is 9.15 Å². The molecule has 0 saturated heterocycles. The topological polar surface area (TPSA) is 85.6 Å². The summed E-state index contributed by atoms with van der Waals surface area (Å²) in [6.45, 7) is 0.522. The van der Waals surface area contributed by atoms with Crippen LogP contribution in [0, 0.1) is 0 Å². The molecule has 1 heterocycles. The lowest BCUT2D eigenvalue weighted by atomic mass is 10.1. The summed E-state index contributed by atoms with van der Waals surface area (Å²) in [5.41, 5.74) is 1.57. The number of halogens is 1. The van der Waals surface area contributed by atoms with Crippen LogP contribution >= 0.6 is 15.9 Å². The average molecular weight is 478 g/mol. The Balaban J connectivity index is 1.51. The van der Waals surface area contributed by atoms with Gasteiger partial charge in [-0.05, 0) is 41.5 Å². The van der Waals surface area contributed by atoms with Crippen LogP contribution in [-0.4, -0.2) is 20.6 Å². The maximum absolute atomic E-state index is 12.3. The fraction of sp³-hybridized carbons (Fsp3) is 0.190. The van der Waals surface area contributed by atoms with E-state index in [1.165, 1.54) is 6.26 Å². The third kappa shape index (κ3) is 6.76. The molecule has 0 aliphatic heterocycles. The second kappa shape index (κ2) is 9.28. The van der Waals surface area contributed by atoms with Crippen LogP contribution in [0.15, 0.2) is 69.6 Å². The smallest absolute Gasteiger partial charge is 0.287 e. The standard InChI is InChI=1S/C21H20BrNO5S/c1-29(25,26)14-16-7-5-15(6-8-16)12-23-21(24)20-10-9-19(28-20)13-27-18-4-2-3-17(22)11-18/h2-11H,12-14H2,1H3,(H,23,24). The fourth-order valence-electron chi connectivity index (χ4n) is 2.61. The second-order valence-electron chi connectivity index (χ2n) is 6.58. The molecule has 3 rings (SSSR count). The summed E-state index contributed by atoms with van der Waals surface area (Å²) < 4.78 is 34.7. The Kier molecular flexibility index (Phi) is 6.76. The number of nitrogens with one attached hydrogen (secondary N) is 1. The number of carbonyl (C=O) groups is 1. The minimum absolute atomic E-state index is 0.00316. The van der Waals surface area contributed by atoms with Crippen LogP contribution in [-0.2, 0) is 28.7 Å². The van der Waals surface area contributed by atoms with E-state index in [0.29, 0.717) is 23.6 Å². The molecule has 3 aromatic rings. The lowest BCUT2D eigenvalue weighted by Gasteiger charge is -2.06. The van der Waals surface area contributed by atoms with Crippen LogP contribution in [0.4, 0.5) is 0 Å². The summed E-state index contributed by atoms with van der Waals surface area (Å²) in [4.78, 5) is 12.3.